The Hall–Kier alpha value is -1.31. The van der Waals surface area contributed by atoms with Crippen molar-refractivity contribution in [1.29, 1.82) is 0 Å². The van der Waals surface area contributed by atoms with E-state index in [1.165, 1.54) is 42.4 Å². The maximum absolute atomic E-state index is 12.2. The number of rotatable bonds is 2. The fourth-order valence-corrected chi connectivity index (χ4v) is 3.61. The van der Waals surface area contributed by atoms with Crippen LogP contribution < -0.4 is 5.32 Å². The molecule has 1 unspecified atom stereocenters. The monoisotopic (exact) mass is 243 g/mol. The molecule has 1 saturated carbocycles. The van der Waals surface area contributed by atoms with Gasteiger partial charge in [0.25, 0.3) is 0 Å². The summed E-state index contributed by atoms with van der Waals surface area (Å²) in [5.74, 6) is 1.07. The van der Waals surface area contributed by atoms with Gasteiger partial charge in [-0.1, -0.05) is 43.4 Å². The Morgan fingerprint density at radius 1 is 1.22 bits per heavy atom. The number of benzene rings is 1. The van der Waals surface area contributed by atoms with E-state index in [0.29, 0.717) is 0 Å². The molecule has 1 heterocycles. The zero-order valence-electron chi connectivity index (χ0n) is 11.3. The van der Waals surface area contributed by atoms with Crippen LogP contribution in [-0.4, -0.2) is 5.91 Å². The van der Waals surface area contributed by atoms with Crippen molar-refractivity contribution in [3.8, 4) is 0 Å². The minimum Gasteiger partial charge on any atom is -0.325 e. The molecule has 96 valence electrons. The van der Waals surface area contributed by atoms with Crippen LogP contribution in [0.4, 0.5) is 5.69 Å². The molecule has 1 fully saturated rings. The molecule has 2 heteroatoms. The third kappa shape index (κ3) is 1.94. The van der Waals surface area contributed by atoms with Gasteiger partial charge < -0.3 is 5.32 Å². The molecule has 0 bridgehead atoms. The molecule has 1 atom stereocenters. The number of anilines is 1. The molecule has 0 saturated heterocycles. The molecule has 1 aliphatic heterocycles. The lowest BCUT2D eigenvalue weighted by Gasteiger charge is -2.14. The molecule has 0 radical (unpaired) electrons. The van der Waals surface area contributed by atoms with Gasteiger partial charge in [0.1, 0.15) is 0 Å². The van der Waals surface area contributed by atoms with E-state index in [-0.39, 0.29) is 11.8 Å². The predicted octanol–water partition coefficient (Wildman–Crippen LogP) is 3.92. The largest absolute Gasteiger partial charge is 0.325 e. The minimum absolute atomic E-state index is 0.0988. The maximum Gasteiger partial charge on any atom is 0.232 e. The molecule has 1 aromatic rings. The normalized spacial score (nSPS) is 23.2. The van der Waals surface area contributed by atoms with Crippen LogP contribution in [-0.2, 0) is 4.79 Å². The first-order chi connectivity index (χ1) is 8.65. The van der Waals surface area contributed by atoms with E-state index in [9.17, 15) is 4.79 Å². The van der Waals surface area contributed by atoms with Crippen LogP contribution in [0.3, 0.4) is 0 Å². The molecule has 2 nitrogen and oxygen atoms in total. The van der Waals surface area contributed by atoms with E-state index >= 15 is 0 Å². The highest BCUT2D eigenvalue weighted by atomic mass is 16.2. The van der Waals surface area contributed by atoms with Crippen molar-refractivity contribution in [2.45, 2.75) is 51.9 Å². The Balaban J connectivity index is 1.90. The van der Waals surface area contributed by atoms with Crippen LogP contribution in [0.2, 0.25) is 0 Å². The summed E-state index contributed by atoms with van der Waals surface area (Å²) in [6, 6.07) is 4.34. The van der Waals surface area contributed by atoms with Gasteiger partial charge in [0.05, 0.1) is 5.92 Å². The summed E-state index contributed by atoms with van der Waals surface area (Å²) in [5.41, 5.74) is 4.78. The summed E-state index contributed by atoms with van der Waals surface area (Å²) in [6.07, 6.45) is 6.35. The van der Waals surface area contributed by atoms with Crippen LogP contribution in [0.25, 0.3) is 0 Å². The van der Waals surface area contributed by atoms with E-state index in [1.54, 1.807) is 0 Å². The Morgan fingerprint density at radius 3 is 2.67 bits per heavy atom. The maximum atomic E-state index is 12.2. The molecule has 2 aliphatic rings. The zero-order valence-corrected chi connectivity index (χ0v) is 11.3. The molecule has 1 aromatic carbocycles. The number of hydrogen-bond donors (Lipinski definition) is 1. The second-order valence-corrected chi connectivity index (χ2v) is 5.97. The Kier molecular flexibility index (Phi) is 2.89. The van der Waals surface area contributed by atoms with Crippen molar-refractivity contribution in [2.24, 2.45) is 5.92 Å². The van der Waals surface area contributed by atoms with Gasteiger partial charge in [0, 0.05) is 5.69 Å². The smallest absolute Gasteiger partial charge is 0.232 e. The Morgan fingerprint density at radius 2 is 1.94 bits per heavy atom. The first-order valence-electron chi connectivity index (χ1n) is 7.07. The number of hydrogen-bond acceptors (Lipinski definition) is 1. The predicted molar refractivity (Wildman–Crippen MR) is 73.9 cm³/mol. The first-order valence-corrected chi connectivity index (χ1v) is 7.07. The SMILES string of the molecule is Cc1cc(C)c2c(c1)C(CC1CCCC1)C(=O)N2. The molecule has 1 aliphatic carbocycles. The third-order valence-corrected chi connectivity index (χ3v) is 4.49. The van der Waals surface area contributed by atoms with Gasteiger partial charge in [-0.25, -0.2) is 0 Å². The Bertz CT molecular complexity index is 486. The topological polar surface area (TPSA) is 29.1 Å². The summed E-state index contributed by atoms with van der Waals surface area (Å²) in [4.78, 5) is 12.2. The van der Waals surface area contributed by atoms with E-state index in [2.05, 4.69) is 31.3 Å². The van der Waals surface area contributed by atoms with Crippen molar-refractivity contribution in [1.82, 2.24) is 0 Å². The lowest BCUT2D eigenvalue weighted by atomic mass is 9.87. The molecule has 0 spiro atoms. The fourth-order valence-electron chi connectivity index (χ4n) is 3.61. The minimum atomic E-state index is 0.0988. The molecule has 18 heavy (non-hydrogen) atoms. The molecule has 3 rings (SSSR count). The van der Waals surface area contributed by atoms with Crippen LogP contribution in [0.5, 0.6) is 0 Å². The highest BCUT2D eigenvalue weighted by molar-refractivity contribution is 6.03. The number of amides is 1. The van der Waals surface area contributed by atoms with Gasteiger partial charge in [-0.2, -0.15) is 0 Å². The standard InChI is InChI=1S/C16H21NO/c1-10-7-11(2)15-13(8-10)14(16(18)17-15)9-12-5-3-4-6-12/h7-8,12,14H,3-6,9H2,1-2H3,(H,17,18). The van der Waals surface area contributed by atoms with Crippen LogP contribution in [0, 0.1) is 19.8 Å². The van der Waals surface area contributed by atoms with Crippen molar-refractivity contribution < 1.29 is 4.79 Å². The lowest BCUT2D eigenvalue weighted by Crippen LogP contribution is -2.14. The summed E-state index contributed by atoms with van der Waals surface area (Å²) in [7, 11) is 0. The van der Waals surface area contributed by atoms with Crippen LogP contribution in [0.15, 0.2) is 12.1 Å². The number of carbonyl (C=O) groups is 1. The average Bonchev–Trinajstić information content (AvgIpc) is 2.91. The lowest BCUT2D eigenvalue weighted by molar-refractivity contribution is -0.117. The first kappa shape index (κ1) is 11.8. The molecule has 1 N–H and O–H groups in total. The summed E-state index contributed by atoms with van der Waals surface area (Å²) in [5, 5.41) is 3.08. The summed E-state index contributed by atoms with van der Waals surface area (Å²) < 4.78 is 0. The number of fused-ring (bicyclic) bond motifs is 1. The van der Waals surface area contributed by atoms with E-state index < -0.39 is 0 Å². The van der Waals surface area contributed by atoms with Crippen molar-refractivity contribution >= 4 is 11.6 Å². The molecule has 0 aromatic heterocycles. The highest BCUT2D eigenvalue weighted by Gasteiger charge is 2.34. The number of carbonyl (C=O) groups excluding carboxylic acids is 1. The highest BCUT2D eigenvalue weighted by Crippen LogP contribution is 2.42. The molecular weight excluding hydrogens is 222 g/mol. The van der Waals surface area contributed by atoms with Crippen molar-refractivity contribution in [3.05, 3.63) is 28.8 Å². The van der Waals surface area contributed by atoms with Gasteiger partial charge in [-0.15, -0.1) is 0 Å². The van der Waals surface area contributed by atoms with Crippen molar-refractivity contribution in [2.75, 3.05) is 5.32 Å². The number of aryl methyl sites for hydroxylation is 2. The fraction of sp³-hybridized carbons (Fsp3) is 0.562. The second-order valence-electron chi connectivity index (χ2n) is 5.97. The molecular formula is C16H21NO. The quantitative estimate of drug-likeness (QED) is 0.838. The summed E-state index contributed by atoms with van der Waals surface area (Å²) in [6.45, 7) is 4.20. The second kappa shape index (κ2) is 4.42. The van der Waals surface area contributed by atoms with E-state index in [4.69, 9.17) is 0 Å². The molecule has 1 amide bonds. The van der Waals surface area contributed by atoms with Crippen molar-refractivity contribution in [3.63, 3.8) is 0 Å². The van der Waals surface area contributed by atoms with E-state index in [1.807, 2.05) is 0 Å². The Labute approximate surface area is 109 Å². The van der Waals surface area contributed by atoms with Gasteiger partial charge >= 0.3 is 0 Å². The zero-order chi connectivity index (χ0) is 12.7. The van der Waals surface area contributed by atoms with Crippen LogP contribution >= 0.6 is 0 Å². The van der Waals surface area contributed by atoms with Gasteiger partial charge in [-0.3, -0.25) is 4.79 Å². The summed E-state index contributed by atoms with van der Waals surface area (Å²) >= 11 is 0. The average molecular weight is 243 g/mol. The van der Waals surface area contributed by atoms with E-state index in [0.717, 1.165) is 18.0 Å². The van der Waals surface area contributed by atoms with Gasteiger partial charge in [0.15, 0.2) is 0 Å². The number of nitrogens with one attached hydrogen (secondary N) is 1. The third-order valence-electron chi connectivity index (χ3n) is 4.49. The van der Waals surface area contributed by atoms with Gasteiger partial charge in [0.2, 0.25) is 5.91 Å². The van der Waals surface area contributed by atoms with Crippen LogP contribution in [0.1, 0.15) is 54.7 Å². The van der Waals surface area contributed by atoms with Gasteiger partial charge in [-0.05, 0) is 37.3 Å².